The van der Waals surface area contributed by atoms with Crippen LogP contribution < -0.4 is 10.6 Å². The molecule has 1 saturated heterocycles. The molecule has 0 aromatic carbocycles. The zero-order valence-corrected chi connectivity index (χ0v) is 11.5. The van der Waals surface area contributed by atoms with Gasteiger partial charge in [0.1, 0.15) is 0 Å². The second-order valence-corrected chi connectivity index (χ2v) is 5.48. The first-order valence-corrected chi connectivity index (χ1v) is 6.76. The third kappa shape index (κ3) is 4.47. The summed E-state index contributed by atoms with van der Waals surface area (Å²) in [5, 5.41) is 6.55. The molecule has 2 rings (SSSR count). The summed E-state index contributed by atoms with van der Waals surface area (Å²) in [7, 11) is 0. The fourth-order valence-electron chi connectivity index (χ4n) is 2.66. The molecule has 17 heavy (non-hydrogen) atoms. The van der Waals surface area contributed by atoms with Gasteiger partial charge in [0.15, 0.2) is 0 Å². The van der Waals surface area contributed by atoms with Crippen LogP contribution in [0.1, 0.15) is 45.4 Å². The maximum Gasteiger partial charge on any atom is 0.220 e. The molecule has 100 valence electrons. The van der Waals surface area contributed by atoms with Gasteiger partial charge in [-0.25, -0.2) is 0 Å². The molecule has 0 radical (unpaired) electrons. The quantitative estimate of drug-likeness (QED) is 0.813. The summed E-state index contributed by atoms with van der Waals surface area (Å²) in [4.78, 5) is 11.8. The van der Waals surface area contributed by atoms with Gasteiger partial charge in [-0.2, -0.15) is 0 Å². The summed E-state index contributed by atoms with van der Waals surface area (Å²) in [5.41, 5.74) is 0. The number of hydrogen-bond donors (Lipinski definition) is 2. The summed E-state index contributed by atoms with van der Waals surface area (Å²) >= 11 is 0. The molecular formula is C13H25ClN2O. The SMILES string of the molecule is CC(CC(=O)NC1CCC1)C1CCCNC1.Cl. The predicted molar refractivity (Wildman–Crippen MR) is 72.4 cm³/mol. The van der Waals surface area contributed by atoms with E-state index < -0.39 is 0 Å². The Labute approximate surface area is 111 Å². The van der Waals surface area contributed by atoms with Gasteiger partial charge in [-0.05, 0) is 57.0 Å². The number of carbonyl (C=O) groups is 1. The van der Waals surface area contributed by atoms with E-state index in [1.54, 1.807) is 0 Å². The lowest BCUT2D eigenvalue weighted by Crippen LogP contribution is -2.41. The molecule has 2 fully saturated rings. The standard InChI is InChI=1S/C13H24N2O.ClH/c1-10(11-4-3-7-14-9-11)8-13(16)15-12-5-2-6-12;/h10-12,14H,2-9H2,1H3,(H,15,16);1H. The molecule has 1 saturated carbocycles. The van der Waals surface area contributed by atoms with E-state index in [4.69, 9.17) is 0 Å². The number of halogens is 1. The van der Waals surface area contributed by atoms with E-state index in [0.717, 1.165) is 13.1 Å². The molecule has 4 heteroatoms. The highest BCUT2D eigenvalue weighted by molar-refractivity contribution is 5.85. The molecule has 0 aromatic rings. The number of amides is 1. The number of hydrogen-bond acceptors (Lipinski definition) is 2. The summed E-state index contributed by atoms with van der Waals surface area (Å²) in [5.74, 6) is 1.48. The van der Waals surface area contributed by atoms with E-state index >= 15 is 0 Å². The van der Waals surface area contributed by atoms with Crippen molar-refractivity contribution in [1.29, 1.82) is 0 Å². The molecule has 0 aromatic heterocycles. The van der Waals surface area contributed by atoms with Crippen LogP contribution in [0.5, 0.6) is 0 Å². The lowest BCUT2D eigenvalue weighted by molar-refractivity contribution is -0.123. The van der Waals surface area contributed by atoms with Crippen LogP contribution in [0.15, 0.2) is 0 Å². The highest BCUT2D eigenvalue weighted by Crippen LogP contribution is 2.23. The third-order valence-corrected chi connectivity index (χ3v) is 4.12. The van der Waals surface area contributed by atoms with Crippen molar-refractivity contribution in [3.05, 3.63) is 0 Å². The molecule has 1 heterocycles. The summed E-state index contributed by atoms with van der Waals surface area (Å²) in [6, 6.07) is 0.490. The first kappa shape index (κ1) is 14.8. The Morgan fingerprint density at radius 1 is 1.35 bits per heavy atom. The minimum Gasteiger partial charge on any atom is -0.353 e. The normalized spacial score (nSPS) is 26.5. The fraction of sp³-hybridized carbons (Fsp3) is 0.923. The van der Waals surface area contributed by atoms with Gasteiger partial charge in [-0.1, -0.05) is 6.92 Å². The van der Waals surface area contributed by atoms with E-state index in [1.807, 2.05) is 0 Å². The minimum atomic E-state index is 0. The van der Waals surface area contributed by atoms with Gasteiger partial charge in [-0.3, -0.25) is 4.79 Å². The van der Waals surface area contributed by atoms with Crippen molar-refractivity contribution in [1.82, 2.24) is 10.6 Å². The van der Waals surface area contributed by atoms with Gasteiger partial charge in [-0.15, -0.1) is 12.4 Å². The molecule has 1 aliphatic carbocycles. The maximum atomic E-state index is 11.8. The van der Waals surface area contributed by atoms with E-state index in [1.165, 1.54) is 32.1 Å². The zero-order chi connectivity index (χ0) is 11.4. The monoisotopic (exact) mass is 260 g/mol. The van der Waals surface area contributed by atoms with Gasteiger partial charge in [0.2, 0.25) is 5.91 Å². The Morgan fingerprint density at radius 3 is 2.65 bits per heavy atom. The molecule has 0 spiro atoms. The topological polar surface area (TPSA) is 41.1 Å². The molecule has 1 aliphatic heterocycles. The molecule has 1 amide bonds. The highest BCUT2D eigenvalue weighted by atomic mass is 35.5. The average molecular weight is 261 g/mol. The third-order valence-electron chi connectivity index (χ3n) is 4.12. The Hall–Kier alpha value is -0.280. The van der Waals surface area contributed by atoms with Crippen molar-refractivity contribution in [2.45, 2.75) is 51.5 Å². The number of piperidine rings is 1. The second-order valence-electron chi connectivity index (χ2n) is 5.48. The second kappa shape index (κ2) is 7.22. The number of carbonyl (C=O) groups excluding carboxylic acids is 1. The van der Waals surface area contributed by atoms with Crippen molar-refractivity contribution in [3.63, 3.8) is 0 Å². The van der Waals surface area contributed by atoms with E-state index in [-0.39, 0.29) is 18.3 Å². The van der Waals surface area contributed by atoms with Gasteiger partial charge < -0.3 is 10.6 Å². The molecule has 2 unspecified atom stereocenters. The van der Waals surface area contributed by atoms with Crippen LogP contribution in [0.3, 0.4) is 0 Å². The Kier molecular flexibility index (Phi) is 6.28. The highest BCUT2D eigenvalue weighted by Gasteiger charge is 2.24. The van der Waals surface area contributed by atoms with Crippen LogP contribution in [0.4, 0.5) is 0 Å². The predicted octanol–water partition coefficient (Wildman–Crippen LogP) is 2.10. The Morgan fingerprint density at radius 2 is 2.12 bits per heavy atom. The molecule has 2 aliphatic rings. The maximum absolute atomic E-state index is 11.8. The van der Waals surface area contributed by atoms with Crippen LogP contribution in [0, 0.1) is 11.8 Å². The molecule has 0 bridgehead atoms. The molecule has 2 N–H and O–H groups in total. The van der Waals surface area contributed by atoms with Crippen molar-refractivity contribution >= 4 is 18.3 Å². The van der Waals surface area contributed by atoms with Gasteiger partial charge >= 0.3 is 0 Å². The van der Waals surface area contributed by atoms with Gasteiger partial charge in [0.25, 0.3) is 0 Å². The summed E-state index contributed by atoms with van der Waals surface area (Å²) < 4.78 is 0. The summed E-state index contributed by atoms with van der Waals surface area (Å²) in [6.45, 7) is 4.47. The zero-order valence-electron chi connectivity index (χ0n) is 10.7. The van der Waals surface area contributed by atoms with Crippen LogP contribution in [-0.4, -0.2) is 25.0 Å². The first-order valence-electron chi connectivity index (χ1n) is 6.76. The van der Waals surface area contributed by atoms with Gasteiger partial charge in [0.05, 0.1) is 0 Å². The van der Waals surface area contributed by atoms with E-state index in [2.05, 4.69) is 17.6 Å². The van der Waals surface area contributed by atoms with Crippen LogP contribution in [-0.2, 0) is 4.79 Å². The van der Waals surface area contributed by atoms with Crippen molar-refractivity contribution < 1.29 is 4.79 Å². The molecule has 3 nitrogen and oxygen atoms in total. The fourth-order valence-corrected chi connectivity index (χ4v) is 2.66. The molecular weight excluding hydrogens is 236 g/mol. The van der Waals surface area contributed by atoms with Gasteiger partial charge in [0, 0.05) is 12.5 Å². The van der Waals surface area contributed by atoms with E-state index in [9.17, 15) is 4.79 Å². The van der Waals surface area contributed by atoms with Crippen molar-refractivity contribution in [2.24, 2.45) is 11.8 Å². The average Bonchev–Trinajstić information content (AvgIpc) is 2.25. The van der Waals surface area contributed by atoms with Crippen molar-refractivity contribution in [2.75, 3.05) is 13.1 Å². The minimum absolute atomic E-state index is 0. The Balaban J connectivity index is 0.00000144. The first-order chi connectivity index (χ1) is 7.75. The lowest BCUT2D eigenvalue weighted by Gasteiger charge is -2.30. The van der Waals surface area contributed by atoms with Crippen LogP contribution in [0.25, 0.3) is 0 Å². The van der Waals surface area contributed by atoms with Crippen LogP contribution in [0.2, 0.25) is 0 Å². The number of nitrogens with one attached hydrogen (secondary N) is 2. The molecule has 2 atom stereocenters. The van der Waals surface area contributed by atoms with Crippen molar-refractivity contribution in [3.8, 4) is 0 Å². The lowest BCUT2D eigenvalue weighted by atomic mass is 9.85. The number of rotatable bonds is 4. The van der Waals surface area contributed by atoms with E-state index in [0.29, 0.717) is 24.3 Å². The summed E-state index contributed by atoms with van der Waals surface area (Å²) in [6.07, 6.45) is 6.91. The van der Waals surface area contributed by atoms with Crippen LogP contribution >= 0.6 is 12.4 Å². The Bertz CT molecular complexity index is 238. The smallest absolute Gasteiger partial charge is 0.220 e. The largest absolute Gasteiger partial charge is 0.353 e.